The fourth-order valence-corrected chi connectivity index (χ4v) is 5.32. The number of benzene rings is 2. The average molecular weight is 728 g/mol. The molecule has 20 nitrogen and oxygen atoms in total. The molecule has 278 valence electrons. The highest BCUT2D eigenvalue weighted by atomic mass is 16.7. The first kappa shape index (κ1) is 37.5. The Morgan fingerprint density at radius 1 is 0.706 bits per heavy atom. The second-order valence-corrected chi connectivity index (χ2v) is 11.7. The van der Waals surface area contributed by atoms with Crippen molar-refractivity contribution < 1.29 is 99.0 Å². The zero-order valence-corrected chi connectivity index (χ0v) is 26.1. The maximum atomic E-state index is 11.9. The topological polar surface area (TPSA) is 334 Å². The second-order valence-electron chi connectivity index (χ2n) is 11.7. The number of carboxylic acids is 1. The van der Waals surface area contributed by atoms with Crippen LogP contribution in [0.15, 0.2) is 34.7 Å². The van der Waals surface area contributed by atoms with Crippen LogP contribution in [0.4, 0.5) is 0 Å². The van der Waals surface area contributed by atoms with E-state index in [-0.39, 0.29) is 28.0 Å². The van der Waals surface area contributed by atoms with Crippen LogP contribution in [0.5, 0.6) is 34.5 Å². The molecule has 10 atom stereocenters. The summed E-state index contributed by atoms with van der Waals surface area (Å²) in [4.78, 5) is 22.7. The Bertz CT molecular complexity index is 1720. The minimum atomic E-state index is -1.94. The Labute approximate surface area is 285 Å². The molecular formula is C31H35O20+. The van der Waals surface area contributed by atoms with Gasteiger partial charge >= 0.3 is 23.3 Å². The molecular weight excluding hydrogens is 692 g/mol. The molecule has 0 bridgehead atoms. The van der Waals surface area contributed by atoms with Crippen LogP contribution >= 0.6 is 0 Å². The van der Waals surface area contributed by atoms with Crippen molar-refractivity contribution in [2.24, 2.45) is 0 Å². The minimum Gasteiger partial charge on any atom is -0.507 e. The van der Waals surface area contributed by atoms with Crippen molar-refractivity contribution >= 4 is 22.9 Å². The number of fused-ring (bicyclic) bond motifs is 1. The Morgan fingerprint density at radius 2 is 1.27 bits per heavy atom. The lowest BCUT2D eigenvalue weighted by molar-refractivity contribution is -0.278. The summed E-state index contributed by atoms with van der Waals surface area (Å²) >= 11 is 0. The molecule has 0 radical (unpaired) electrons. The molecule has 51 heavy (non-hydrogen) atoms. The number of carbonyl (C=O) groups is 2. The monoisotopic (exact) mass is 727 g/mol. The standard InChI is InChI=1S/C31H34O20/c32-8-18-23(40)25(42)27(44)31(50-18)49-17-7-12-15(47-29(17)10-3-13(34)22(39)14(35)4-10)5-11(33)6-16(12)48-30-28(45)26(43)24(41)19(51-30)9-46-21(38)2-1-20(36)37/h3-7,18-19,23-28,30-32,40-45H,1-2,8-9H2,(H4-,33,34,35,36,37,39)/p+1/t18-,19-,23-,24-,25+,26+,27-,28-,30-,31-/m1/s1. The number of esters is 1. The van der Waals surface area contributed by atoms with Crippen molar-refractivity contribution in [1.29, 1.82) is 0 Å². The molecule has 2 aliphatic rings. The van der Waals surface area contributed by atoms with Gasteiger partial charge in [0.05, 0.1) is 31.1 Å². The van der Waals surface area contributed by atoms with E-state index >= 15 is 0 Å². The fraction of sp³-hybridized carbons (Fsp3) is 0.452. The number of rotatable bonds is 11. The van der Waals surface area contributed by atoms with Gasteiger partial charge < -0.3 is 85.0 Å². The first-order valence-corrected chi connectivity index (χ1v) is 15.2. The highest BCUT2D eigenvalue weighted by Gasteiger charge is 2.47. The van der Waals surface area contributed by atoms with Crippen LogP contribution in [0.1, 0.15) is 12.8 Å². The van der Waals surface area contributed by atoms with Gasteiger partial charge in [0.25, 0.3) is 0 Å². The normalized spacial score (nSPS) is 29.4. The van der Waals surface area contributed by atoms with Gasteiger partial charge in [0.2, 0.25) is 18.3 Å². The predicted octanol–water partition coefficient (Wildman–Crippen LogP) is -2.02. The molecule has 3 heterocycles. The van der Waals surface area contributed by atoms with Crippen LogP contribution in [-0.4, -0.2) is 148 Å². The number of aromatic hydroxyl groups is 4. The van der Waals surface area contributed by atoms with E-state index in [0.29, 0.717) is 0 Å². The number of phenols is 4. The summed E-state index contributed by atoms with van der Waals surface area (Å²) in [5, 5.41) is 122. The summed E-state index contributed by atoms with van der Waals surface area (Å²) in [6, 6.07) is 5.16. The van der Waals surface area contributed by atoms with E-state index in [2.05, 4.69) is 0 Å². The van der Waals surface area contributed by atoms with E-state index in [9.17, 15) is 65.8 Å². The van der Waals surface area contributed by atoms with E-state index in [1.807, 2.05) is 0 Å². The maximum Gasteiger partial charge on any atom is 0.402 e. The number of carboxylic acid groups (broad SMARTS) is 1. The third-order valence-electron chi connectivity index (χ3n) is 8.09. The Hall–Kier alpha value is -4.77. The lowest BCUT2D eigenvalue weighted by Gasteiger charge is -2.40. The van der Waals surface area contributed by atoms with Crippen molar-refractivity contribution in [3.05, 3.63) is 30.3 Å². The van der Waals surface area contributed by atoms with Crippen LogP contribution < -0.4 is 9.47 Å². The minimum absolute atomic E-state index is 0.0866. The van der Waals surface area contributed by atoms with Gasteiger partial charge in [-0.15, -0.1) is 0 Å². The SMILES string of the molecule is O=C(O)CCC(=O)OC[C@H]1O[C@@H](Oc2cc(O)cc3[o+]c(-c4cc(O)c(O)c(O)c4)c(O[C@@H]4O[C@H](CO)[C@@H](O)[C@H](O)[C@H]4O)cc23)[C@H](O)[C@@H](O)[C@@H]1O. The largest absolute Gasteiger partial charge is 0.507 e. The molecule has 1 aromatic heterocycles. The summed E-state index contributed by atoms with van der Waals surface area (Å²) in [7, 11) is 0. The zero-order valence-electron chi connectivity index (χ0n) is 26.1. The van der Waals surface area contributed by atoms with Crippen molar-refractivity contribution in [2.45, 2.75) is 74.3 Å². The molecule has 20 heteroatoms. The van der Waals surface area contributed by atoms with E-state index in [1.54, 1.807) is 0 Å². The molecule has 0 amide bonds. The van der Waals surface area contributed by atoms with Gasteiger partial charge in [-0.2, -0.15) is 0 Å². The number of aliphatic carboxylic acids is 1. The number of hydrogen-bond donors (Lipinski definition) is 12. The van der Waals surface area contributed by atoms with Gasteiger partial charge in [-0.05, 0) is 0 Å². The Morgan fingerprint density at radius 3 is 1.86 bits per heavy atom. The summed E-state index contributed by atoms with van der Waals surface area (Å²) in [5.41, 5.74) is -0.359. The van der Waals surface area contributed by atoms with Crippen LogP contribution in [0.2, 0.25) is 0 Å². The van der Waals surface area contributed by atoms with Crippen molar-refractivity contribution in [3.8, 4) is 45.8 Å². The fourth-order valence-electron chi connectivity index (χ4n) is 5.32. The van der Waals surface area contributed by atoms with Crippen molar-refractivity contribution in [3.63, 3.8) is 0 Å². The highest BCUT2D eigenvalue weighted by molar-refractivity contribution is 5.89. The molecule has 2 aromatic carbocycles. The number of phenolic OH excluding ortho intramolecular Hbond substituents is 4. The van der Waals surface area contributed by atoms with E-state index in [1.165, 1.54) is 0 Å². The lowest BCUT2D eigenvalue weighted by Crippen LogP contribution is -2.60. The Kier molecular flexibility index (Phi) is 11.2. The molecule has 2 saturated heterocycles. The van der Waals surface area contributed by atoms with Gasteiger partial charge in [0.1, 0.15) is 72.3 Å². The Balaban J connectivity index is 1.53. The van der Waals surface area contributed by atoms with E-state index < -0.39 is 128 Å². The van der Waals surface area contributed by atoms with Crippen LogP contribution in [-0.2, 0) is 23.8 Å². The summed E-state index contributed by atoms with van der Waals surface area (Å²) in [6.07, 6.45) is -18.8. The first-order chi connectivity index (χ1) is 24.1. The molecule has 2 aliphatic heterocycles. The average Bonchev–Trinajstić information content (AvgIpc) is 3.09. The third-order valence-corrected chi connectivity index (χ3v) is 8.09. The molecule has 0 unspecified atom stereocenters. The van der Waals surface area contributed by atoms with Gasteiger partial charge in [-0.1, -0.05) is 0 Å². The van der Waals surface area contributed by atoms with Crippen LogP contribution in [0, 0.1) is 0 Å². The van der Waals surface area contributed by atoms with Crippen LogP contribution in [0.3, 0.4) is 0 Å². The van der Waals surface area contributed by atoms with Gasteiger partial charge in [0, 0.05) is 24.3 Å². The molecule has 3 aromatic rings. The summed E-state index contributed by atoms with van der Waals surface area (Å²) in [5.74, 6) is -6.26. The smallest absolute Gasteiger partial charge is 0.402 e. The first-order valence-electron chi connectivity index (χ1n) is 15.2. The zero-order chi connectivity index (χ0) is 37.3. The summed E-state index contributed by atoms with van der Waals surface area (Å²) < 4.78 is 33.5. The molecule has 0 spiro atoms. The lowest BCUT2D eigenvalue weighted by atomic mass is 9.99. The van der Waals surface area contributed by atoms with Crippen LogP contribution in [0.25, 0.3) is 22.3 Å². The number of hydrogen-bond acceptors (Lipinski definition) is 18. The number of carbonyl (C=O) groups excluding carboxylic acids is 1. The molecule has 12 N–H and O–H groups in total. The quantitative estimate of drug-likeness (QED) is 0.0576. The number of aliphatic hydroxyl groups is 7. The molecule has 0 saturated carbocycles. The number of ether oxygens (including phenoxy) is 5. The van der Waals surface area contributed by atoms with Crippen molar-refractivity contribution in [2.75, 3.05) is 13.2 Å². The second kappa shape index (κ2) is 15.2. The molecule has 0 aliphatic carbocycles. The van der Waals surface area contributed by atoms with E-state index in [4.69, 9.17) is 33.2 Å². The highest BCUT2D eigenvalue weighted by Crippen LogP contribution is 2.45. The molecule has 5 rings (SSSR count). The summed E-state index contributed by atoms with van der Waals surface area (Å²) in [6.45, 7) is -1.49. The van der Waals surface area contributed by atoms with E-state index in [0.717, 1.165) is 30.3 Å². The molecule has 2 fully saturated rings. The number of aliphatic hydroxyl groups excluding tert-OH is 7. The van der Waals surface area contributed by atoms with Gasteiger partial charge in [-0.25, -0.2) is 4.42 Å². The third kappa shape index (κ3) is 7.93. The maximum absolute atomic E-state index is 11.9. The predicted molar refractivity (Wildman–Crippen MR) is 162 cm³/mol. The van der Waals surface area contributed by atoms with Gasteiger partial charge in [0.15, 0.2) is 17.2 Å². The van der Waals surface area contributed by atoms with Gasteiger partial charge in [-0.3, -0.25) is 9.59 Å². The van der Waals surface area contributed by atoms with Crippen molar-refractivity contribution in [1.82, 2.24) is 0 Å².